The zero-order chi connectivity index (χ0) is 13.8. The number of hydrogen-bond donors (Lipinski definition) is 2. The van der Waals surface area contributed by atoms with Crippen LogP contribution >= 0.6 is 0 Å². The number of nitrogens with zero attached hydrogens (tertiary/aromatic N) is 5. The van der Waals surface area contributed by atoms with Crippen LogP contribution in [-0.2, 0) is 20.0 Å². The molecular formula is C10H15N7O2. The first-order chi connectivity index (χ1) is 9.13. The summed E-state index contributed by atoms with van der Waals surface area (Å²) in [5, 5.41) is 24.7. The number of hydrogen-bond acceptors (Lipinski definition) is 6. The third-order valence-corrected chi connectivity index (χ3v) is 2.65. The summed E-state index contributed by atoms with van der Waals surface area (Å²) in [6.07, 6.45) is 2.77. The Morgan fingerprint density at radius 3 is 2.95 bits per heavy atom. The summed E-state index contributed by atoms with van der Waals surface area (Å²) >= 11 is 0. The number of aryl methyl sites for hydroxylation is 2. The number of rotatable bonds is 6. The van der Waals surface area contributed by atoms with Gasteiger partial charge in [-0.1, -0.05) is 13.3 Å². The molecular weight excluding hydrogens is 250 g/mol. The molecule has 0 bridgehead atoms. The average molecular weight is 265 g/mol. The van der Waals surface area contributed by atoms with Crippen LogP contribution in [0.5, 0.6) is 0 Å². The van der Waals surface area contributed by atoms with Crippen LogP contribution < -0.4 is 5.32 Å². The number of anilines is 1. The molecule has 0 atom stereocenters. The fraction of sp³-hybridized carbons (Fsp3) is 0.500. The van der Waals surface area contributed by atoms with Crippen molar-refractivity contribution in [3.8, 4) is 0 Å². The number of nitrogens with one attached hydrogen (secondary N) is 2. The van der Waals surface area contributed by atoms with Crippen molar-refractivity contribution in [3.63, 3.8) is 0 Å². The van der Waals surface area contributed by atoms with Gasteiger partial charge in [0.05, 0.1) is 11.5 Å². The average Bonchev–Trinajstić information content (AvgIpc) is 2.95. The van der Waals surface area contributed by atoms with Crippen LogP contribution in [0, 0.1) is 10.1 Å². The zero-order valence-electron chi connectivity index (χ0n) is 10.8. The molecule has 0 aliphatic heterocycles. The van der Waals surface area contributed by atoms with Crippen LogP contribution in [0.1, 0.15) is 24.9 Å². The van der Waals surface area contributed by atoms with Crippen LogP contribution in [0.15, 0.2) is 6.33 Å². The number of aromatic amines is 1. The minimum Gasteiger partial charge on any atom is -0.357 e. The molecule has 0 aromatic carbocycles. The molecule has 9 heteroatoms. The molecule has 2 aromatic heterocycles. The van der Waals surface area contributed by atoms with E-state index in [-0.39, 0.29) is 5.69 Å². The minimum atomic E-state index is -0.402. The molecule has 0 saturated carbocycles. The molecule has 0 aliphatic rings. The normalized spacial score (nSPS) is 10.6. The number of nitro groups is 1. The van der Waals surface area contributed by atoms with Crippen LogP contribution in [0.25, 0.3) is 0 Å². The fourth-order valence-corrected chi connectivity index (χ4v) is 1.85. The smallest absolute Gasteiger partial charge is 0.334 e. The Morgan fingerprint density at radius 1 is 1.58 bits per heavy atom. The molecule has 0 aliphatic carbocycles. The molecule has 0 amide bonds. The highest BCUT2D eigenvalue weighted by atomic mass is 16.6. The van der Waals surface area contributed by atoms with Crippen molar-refractivity contribution in [1.82, 2.24) is 25.0 Å². The van der Waals surface area contributed by atoms with E-state index in [1.165, 1.54) is 11.0 Å². The topological polar surface area (TPSA) is 115 Å². The van der Waals surface area contributed by atoms with Crippen molar-refractivity contribution in [1.29, 1.82) is 0 Å². The van der Waals surface area contributed by atoms with Crippen LogP contribution in [0.2, 0.25) is 0 Å². The van der Waals surface area contributed by atoms with Crippen molar-refractivity contribution in [2.24, 2.45) is 7.05 Å². The van der Waals surface area contributed by atoms with Crippen LogP contribution in [-0.4, -0.2) is 29.9 Å². The van der Waals surface area contributed by atoms with Gasteiger partial charge in [-0.05, 0) is 6.42 Å². The van der Waals surface area contributed by atoms with Crippen molar-refractivity contribution in [3.05, 3.63) is 28.0 Å². The monoisotopic (exact) mass is 265 g/mol. The van der Waals surface area contributed by atoms with Gasteiger partial charge >= 0.3 is 5.69 Å². The summed E-state index contributed by atoms with van der Waals surface area (Å²) in [6.45, 7) is 2.28. The first-order valence-electron chi connectivity index (χ1n) is 5.91. The molecule has 0 spiro atoms. The Bertz CT molecular complexity index is 561. The summed E-state index contributed by atoms with van der Waals surface area (Å²) in [4.78, 5) is 14.7. The Hall–Kier alpha value is -2.45. The minimum absolute atomic E-state index is 0.0314. The van der Waals surface area contributed by atoms with E-state index in [0.29, 0.717) is 30.3 Å². The van der Waals surface area contributed by atoms with Gasteiger partial charge in [0.25, 0.3) is 0 Å². The van der Waals surface area contributed by atoms with E-state index in [9.17, 15) is 10.1 Å². The quantitative estimate of drug-likeness (QED) is 0.595. The first-order valence-corrected chi connectivity index (χ1v) is 5.91. The third-order valence-electron chi connectivity index (χ3n) is 2.65. The van der Waals surface area contributed by atoms with E-state index in [1.807, 2.05) is 6.92 Å². The lowest BCUT2D eigenvalue weighted by molar-refractivity contribution is -0.384. The van der Waals surface area contributed by atoms with Crippen molar-refractivity contribution in [2.75, 3.05) is 5.32 Å². The van der Waals surface area contributed by atoms with Gasteiger partial charge in [0.2, 0.25) is 5.82 Å². The SMILES string of the molecule is CCCc1nn(C)c(NCc2ncn[nH]2)c1[N+](=O)[O-]. The molecule has 102 valence electrons. The largest absolute Gasteiger partial charge is 0.357 e. The van der Waals surface area contributed by atoms with Crippen LogP contribution in [0.3, 0.4) is 0 Å². The maximum Gasteiger partial charge on any atom is 0.334 e. The molecule has 0 radical (unpaired) electrons. The lowest BCUT2D eigenvalue weighted by Gasteiger charge is -2.03. The van der Waals surface area contributed by atoms with E-state index in [2.05, 4.69) is 25.6 Å². The second kappa shape index (κ2) is 5.46. The van der Waals surface area contributed by atoms with Gasteiger partial charge in [-0.25, -0.2) is 9.67 Å². The summed E-state index contributed by atoms with van der Waals surface area (Å²) in [5.74, 6) is 0.984. The summed E-state index contributed by atoms with van der Waals surface area (Å²) < 4.78 is 1.49. The van der Waals surface area contributed by atoms with Gasteiger partial charge in [-0.2, -0.15) is 10.2 Å². The van der Waals surface area contributed by atoms with E-state index in [4.69, 9.17) is 0 Å². The van der Waals surface area contributed by atoms with Crippen molar-refractivity contribution < 1.29 is 4.92 Å². The van der Waals surface area contributed by atoms with E-state index >= 15 is 0 Å². The van der Waals surface area contributed by atoms with E-state index in [1.54, 1.807) is 7.05 Å². The van der Waals surface area contributed by atoms with Gasteiger partial charge in [-0.15, -0.1) is 0 Å². The van der Waals surface area contributed by atoms with Gasteiger partial charge in [0, 0.05) is 7.05 Å². The lowest BCUT2D eigenvalue weighted by atomic mass is 10.2. The Balaban J connectivity index is 2.25. The van der Waals surface area contributed by atoms with Gasteiger partial charge in [0.1, 0.15) is 17.8 Å². The first kappa shape index (κ1) is 13.0. The molecule has 2 N–H and O–H groups in total. The number of aromatic nitrogens is 5. The summed E-state index contributed by atoms with van der Waals surface area (Å²) in [6, 6.07) is 0. The predicted molar refractivity (Wildman–Crippen MR) is 67.6 cm³/mol. The molecule has 0 unspecified atom stereocenters. The molecule has 9 nitrogen and oxygen atoms in total. The highest BCUT2D eigenvalue weighted by molar-refractivity contribution is 5.59. The second-order valence-electron chi connectivity index (χ2n) is 4.06. The fourth-order valence-electron chi connectivity index (χ4n) is 1.85. The standard InChI is InChI=1S/C10H15N7O2/c1-3-4-7-9(17(18)19)10(16(2)15-7)11-5-8-12-6-13-14-8/h6,11H,3-5H2,1-2H3,(H,12,13,14). The maximum absolute atomic E-state index is 11.2. The summed E-state index contributed by atoms with van der Waals surface area (Å²) in [7, 11) is 1.68. The molecule has 0 saturated heterocycles. The van der Waals surface area contributed by atoms with Crippen LogP contribution in [0.4, 0.5) is 11.5 Å². The zero-order valence-corrected chi connectivity index (χ0v) is 10.8. The molecule has 2 rings (SSSR count). The van der Waals surface area contributed by atoms with Gasteiger partial charge in [-0.3, -0.25) is 15.2 Å². The third kappa shape index (κ3) is 2.69. The Morgan fingerprint density at radius 2 is 2.37 bits per heavy atom. The van der Waals surface area contributed by atoms with Crippen molar-refractivity contribution >= 4 is 11.5 Å². The lowest BCUT2D eigenvalue weighted by Crippen LogP contribution is -2.07. The molecule has 19 heavy (non-hydrogen) atoms. The van der Waals surface area contributed by atoms with E-state index in [0.717, 1.165) is 6.42 Å². The molecule has 0 fully saturated rings. The second-order valence-corrected chi connectivity index (χ2v) is 4.06. The highest BCUT2D eigenvalue weighted by Gasteiger charge is 2.25. The van der Waals surface area contributed by atoms with Gasteiger partial charge in [0.15, 0.2) is 0 Å². The van der Waals surface area contributed by atoms with Crippen molar-refractivity contribution in [2.45, 2.75) is 26.3 Å². The predicted octanol–water partition coefficient (Wildman–Crippen LogP) is 1.01. The molecule has 2 aromatic rings. The Labute approximate surface area is 109 Å². The maximum atomic E-state index is 11.2. The molecule has 2 heterocycles. The number of H-pyrrole nitrogens is 1. The van der Waals surface area contributed by atoms with Gasteiger partial charge < -0.3 is 5.32 Å². The van der Waals surface area contributed by atoms with E-state index < -0.39 is 4.92 Å². The summed E-state index contributed by atoms with van der Waals surface area (Å²) in [5.41, 5.74) is 0.527. The highest BCUT2D eigenvalue weighted by Crippen LogP contribution is 2.29. The Kier molecular flexibility index (Phi) is 3.74.